The first-order valence-corrected chi connectivity index (χ1v) is 10.5. The Bertz CT molecular complexity index is 572. The van der Waals surface area contributed by atoms with Crippen LogP contribution in [0.5, 0.6) is 0 Å². The summed E-state index contributed by atoms with van der Waals surface area (Å²) in [6, 6.07) is 8.67. The van der Waals surface area contributed by atoms with Crippen LogP contribution in [0, 0.1) is 29.6 Å². The van der Waals surface area contributed by atoms with E-state index in [1.54, 1.807) is 0 Å². The maximum Gasteiger partial charge on any atom is 0.0406 e. The molecule has 3 fully saturated rings. The smallest absolute Gasteiger partial charge is 0.0406 e. The molecule has 3 aliphatic rings. The van der Waals surface area contributed by atoms with Gasteiger partial charge in [-0.3, -0.25) is 0 Å². The van der Waals surface area contributed by atoms with Gasteiger partial charge in [0.05, 0.1) is 0 Å². The van der Waals surface area contributed by atoms with Crippen LogP contribution in [-0.4, -0.2) is 0 Å². The zero-order chi connectivity index (χ0) is 16.5. The molecule has 4 rings (SSSR count). The lowest BCUT2D eigenvalue weighted by atomic mass is 9.55. The zero-order valence-electron chi connectivity index (χ0n) is 15.0. The maximum absolute atomic E-state index is 6.07. The minimum absolute atomic E-state index is 0.777. The summed E-state index contributed by atoms with van der Waals surface area (Å²) in [6.45, 7) is 2.18. The van der Waals surface area contributed by atoms with Gasteiger partial charge in [0.15, 0.2) is 0 Å². The highest BCUT2D eigenvalue weighted by atomic mass is 35.5. The summed E-state index contributed by atoms with van der Waals surface area (Å²) in [5.41, 5.74) is 1.52. The third-order valence-electron chi connectivity index (χ3n) is 7.39. The monoisotopic (exact) mass is 342 g/mol. The van der Waals surface area contributed by atoms with Crippen LogP contribution in [-0.2, 0) is 0 Å². The summed E-state index contributed by atoms with van der Waals surface area (Å²) in [4.78, 5) is 0. The molecule has 1 aromatic rings. The number of allylic oxidation sites excluding steroid dienone is 2. The van der Waals surface area contributed by atoms with Gasteiger partial charge in [0, 0.05) is 5.02 Å². The van der Waals surface area contributed by atoms with E-state index in [4.69, 9.17) is 11.6 Å². The molecule has 0 nitrogen and oxygen atoms in total. The first-order chi connectivity index (χ1) is 11.7. The van der Waals surface area contributed by atoms with Crippen molar-refractivity contribution in [3.8, 4) is 0 Å². The van der Waals surface area contributed by atoms with E-state index in [1.165, 1.54) is 56.9 Å². The molecular weight excluding hydrogens is 312 g/mol. The van der Waals surface area contributed by atoms with Crippen LogP contribution in [0.4, 0.5) is 0 Å². The lowest BCUT2D eigenvalue weighted by molar-refractivity contribution is 0.0127. The fraction of sp³-hybridized carbons (Fsp3) is 0.652. The van der Waals surface area contributed by atoms with Crippen molar-refractivity contribution in [1.82, 2.24) is 0 Å². The van der Waals surface area contributed by atoms with E-state index in [-0.39, 0.29) is 0 Å². The van der Waals surface area contributed by atoms with Crippen LogP contribution in [0.25, 0.3) is 0 Å². The number of fused-ring (bicyclic) bond motifs is 3. The van der Waals surface area contributed by atoms with Gasteiger partial charge in [-0.05, 0) is 111 Å². The summed E-state index contributed by atoms with van der Waals surface area (Å²) in [6.07, 6.45) is 16.4. The summed E-state index contributed by atoms with van der Waals surface area (Å²) in [5.74, 6) is 5.72. The Morgan fingerprint density at radius 3 is 2.21 bits per heavy atom. The van der Waals surface area contributed by atoms with Gasteiger partial charge in [0.25, 0.3) is 0 Å². The van der Waals surface area contributed by atoms with Gasteiger partial charge >= 0.3 is 0 Å². The lowest BCUT2D eigenvalue weighted by Gasteiger charge is -2.50. The molecule has 6 atom stereocenters. The fourth-order valence-electron chi connectivity index (χ4n) is 6.32. The van der Waals surface area contributed by atoms with Gasteiger partial charge in [0.1, 0.15) is 0 Å². The van der Waals surface area contributed by atoms with Crippen LogP contribution in [0.15, 0.2) is 36.4 Å². The number of hydrogen-bond donors (Lipinski definition) is 0. The molecule has 0 radical (unpaired) electrons. The van der Waals surface area contributed by atoms with Crippen molar-refractivity contribution < 1.29 is 0 Å². The van der Waals surface area contributed by atoms with Gasteiger partial charge in [-0.15, -0.1) is 0 Å². The second-order valence-electron chi connectivity index (χ2n) is 8.59. The van der Waals surface area contributed by atoms with E-state index in [1.807, 2.05) is 0 Å². The molecule has 0 aromatic heterocycles. The fourth-order valence-corrected chi connectivity index (χ4v) is 6.44. The van der Waals surface area contributed by atoms with Crippen molar-refractivity contribution in [1.29, 1.82) is 0 Å². The van der Waals surface area contributed by atoms with Crippen molar-refractivity contribution >= 4 is 11.6 Å². The molecule has 0 heterocycles. The van der Waals surface area contributed by atoms with Crippen LogP contribution < -0.4 is 0 Å². The molecule has 3 aliphatic carbocycles. The highest BCUT2D eigenvalue weighted by Crippen LogP contribution is 2.54. The molecule has 0 N–H and O–H groups in total. The van der Waals surface area contributed by atoms with E-state index in [0.717, 1.165) is 40.5 Å². The van der Waals surface area contributed by atoms with Crippen molar-refractivity contribution in [2.45, 2.75) is 64.2 Å². The molecule has 1 heteroatoms. The molecule has 1 aromatic carbocycles. The van der Waals surface area contributed by atoms with Gasteiger partial charge < -0.3 is 0 Å². The third-order valence-corrected chi connectivity index (χ3v) is 7.64. The van der Waals surface area contributed by atoms with Crippen LogP contribution in [0.3, 0.4) is 0 Å². The Morgan fingerprint density at radius 2 is 1.50 bits per heavy atom. The molecule has 0 amide bonds. The molecule has 0 saturated heterocycles. The number of rotatable bonds is 2. The van der Waals surface area contributed by atoms with E-state index >= 15 is 0 Å². The van der Waals surface area contributed by atoms with E-state index in [2.05, 4.69) is 43.3 Å². The molecule has 3 saturated carbocycles. The Hall–Kier alpha value is -0.750. The van der Waals surface area contributed by atoms with E-state index < -0.39 is 0 Å². The summed E-state index contributed by atoms with van der Waals surface area (Å²) < 4.78 is 0. The van der Waals surface area contributed by atoms with Gasteiger partial charge in [-0.1, -0.05) is 35.9 Å². The number of halogens is 1. The minimum Gasteiger partial charge on any atom is -0.0914 e. The molecule has 24 heavy (non-hydrogen) atoms. The van der Waals surface area contributed by atoms with Crippen LogP contribution in [0.2, 0.25) is 5.02 Å². The summed E-state index contributed by atoms with van der Waals surface area (Å²) >= 11 is 6.07. The van der Waals surface area contributed by atoms with Gasteiger partial charge in [-0.25, -0.2) is 0 Å². The third kappa shape index (κ3) is 3.32. The zero-order valence-corrected chi connectivity index (χ0v) is 15.7. The molecule has 130 valence electrons. The predicted octanol–water partition coefficient (Wildman–Crippen LogP) is 7.24. The molecule has 0 bridgehead atoms. The lowest BCUT2D eigenvalue weighted by Crippen LogP contribution is -2.41. The van der Waals surface area contributed by atoms with E-state index in [9.17, 15) is 0 Å². The van der Waals surface area contributed by atoms with E-state index in [0.29, 0.717) is 0 Å². The topological polar surface area (TPSA) is 0 Å². The minimum atomic E-state index is 0.777. The maximum atomic E-state index is 6.07. The quantitative estimate of drug-likeness (QED) is 0.497. The predicted molar refractivity (Wildman–Crippen MR) is 103 cm³/mol. The largest absolute Gasteiger partial charge is 0.0914 e. The van der Waals surface area contributed by atoms with Crippen molar-refractivity contribution in [3.63, 3.8) is 0 Å². The second kappa shape index (κ2) is 7.24. The number of hydrogen-bond acceptors (Lipinski definition) is 0. The van der Waals surface area contributed by atoms with Gasteiger partial charge in [-0.2, -0.15) is 0 Å². The Morgan fingerprint density at radius 1 is 0.833 bits per heavy atom. The SMILES string of the molecule is CC=C[C@@H]1CC[C@H]2[C@H](CC[C@H]3C[C@H](c4ccc(Cl)cc4)CC[C@@H]32)C1. The van der Waals surface area contributed by atoms with Crippen molar-refractivity contribution in [2.75, 3.05) is 0 Å². The highest BCUT2D eigenvalue weighted by Gasteiger charge is 2.44. The summed E-state index contributed by atoms with van der Waals surface area (Å²) in [7, 11) is 0. The molecule has 0 spiro atoms. The standard InChI is InChI=1S/C23H31Cl/c1-2-3-16-4-12-22-19(14-16)5-6-20-15-18(9-13-23(20)22)17-7-10-21(24)11-8-17/h2-3,7-8,10-11,16,18-20,22-23H,4-6,9,12-15H2,1H3/t16-,18-,19-,20+,22+,23+/m1/s1. The van der Waals surface area contributed by atoms with Crippen LogP contribution in [0.1, 0.15) is 69.8 Å². The van der Waals surface area contributed by atoms with Crippen molar-refractivity contribution in [2.24, 2.45) is 29.6 Å². The Balaban J connectivity index is 1.42. The first-order valence-electron chi connectivity index (χ1n) is 10.1. The first kappa shape index (κ1) is 16.7. The normalized spacial score (nSPS) is 39.4. The summed E-state index contributed by atoms with van der Waals surface area (Å²) in [5, 5.41) is 0.867. The van der Waals surface area contributed by atoms with Crippen molar-refractivity contribution in [3.05, 3.63) is 47.0 Å². The highest BCUT2D eigenvalue weighted by molar-refractivity contribution is 6.30. The number of benzene rings is 1. The average molecular weight is 343 g/mol. The molecule has 0 unspecified atom stereocenters. The Kier molecular flexibility index (Phi) is 5.04. The van der Waals surface area contributed by atoms with Crippen LogP contribution >= 0.6 is 11.6 Å². The second-order valence-corrected chi connectivity index (χ2v) is 9.02. The average Bonchev–Trinajstić information content (AvgIpc) is 2.62. The Labute approximate surface area is 152 Å². The molecule has 0 aliphatic heterocycles. The molecular formula is C23H31Cl. The van der Waals surface area contributed by atoms with Gasteiger partial charge in [0.2, 0.25) is 0 Å².